The van der Waals surface area contributed by atoms with Crippen molar-refractivity contribution in [3.63, 3.8) is 0 Å². The topological polar surface area (TPSA) is 70.2 Å². The van der Waals surface area contributed by atoms with Gasteiger partial charge in [0.1, 0.15) is 5.82 Å². The third-order valence-electron chi connectivity index (χ3n) is 2.57. The van der Waals surface area contributed by atoms with Gasteiger partial charge < -0.3 is 19.9 Å². The molecule has 1 aliphatic heterocycles. The monoisotopic (exact) mass is 224 g/mol. The van der Waals surface area contributed by atoms with Crippen molar-refractivity contribution >= 4 is 6.03 Å². The molecule has 1 saturated heterocycles. The SMILES string of the molecule is CC(NC(=O)N1CCOCC1)c1ncc[nH]1. The lowest BCUT2D eigenvalue weighted by Gasteiger charge is -2.28. The van der Waals surface area contributed by atoms with Crippen LogP contribution in [0.4, 0.5) is 4.79 Å². The number of nitrogens with one attached hydrogen (secondary N) is 2. The minimum absolute atomic E-state index is 0.0628. The molecule has 1 aromatic rings. The molecular formula is C10H16N4O2. The highest BCUT2D eigenvalue weighted by molar-refractivity contribution is 5.74. The van der Waals surface area contributed by atoms with Crippen molar-refractivity contribution in [1.82, 2.24) is 20.2 Å². The molecule has 16 heavy (non-hydrogen) atoms. The molecule has 0 bridgehead atoms. The zero-order valence-electron chi connectivity index (χ0n) is 9.27. The van der Waals surface area contributed by atoms with Gasteiger partial charge in [-0.05, 0) is 6.92 Å². The van der Waals surface area contributed by atoms with Gasteiger partial charge in [-0.1, -0.05) is 0 Å². The van der Waals surface area contributed by atoms with Gasteiger partial charge in [0.05, 0.1) is 19.3 Å². The Bertz CT molecular complexity index is 333. The number of nitrogens with zero attached hydrogens (tertiary/aromatic N) is 2. The summed E-state index contributed by atoms with van der Waals surface area (Å²) in [5.74, 6) is 0.765. The lowest BCUT2D eigenvalue weighted by molar-refractivity contribution is 0.0525. The number of H-pyrrole nitrogens is 1. The minimum atomic E-state index is -0.106. The quantitative estimate of drug-likeness (QED) is 0.769. The third kappa shape index (κ3) is 2.52. The maximum atomic E-state index is 11.8. The first kappa shape index (κ1) is 10.9. The minimum Gasteiger partial charge on any atom is -0.378 e. The van der Waals surface area contributed by atoms with Gasteiger partial charge in [-0.2, -0.15) is 0 Å². The molecular weight excluding hydrogens is 208 g/mol. The summed E-state index contributed by atoms with van der Waals surface area (Å²) in [6, 6.07) is -0.169. The Labute approximate surface area is 94.0 Å². The average molecular weight is 224 g/mol. The second-order valence-electron chi connectivity index (χ2n) is 3.75. The van der Waals surface area contributed by atoms with Gasteiger partial charge >= 0.3 is 6.03 Å². The van der Waals surface area contributed by atoms with Gasteiger partial charge in [0, 0.05) is 25.5 Å². The molecule has 2 rings (SSSR count). The largest absolute Gasteiger partial charge is 0.378 e. The number of amides is 2. The summed E-state index contributed by atoms with van der Waals surface area (Å²) in [7, 11) is 0. The van der Waals surface area contributed by atoms with Crippen LogP contribution in [-0.2, 0) is 4.74 Å². The van der Waals surface area contributed by atoms with Crippen LogP contribution < -0.4 is 5.32 Å². The van der Waals surface area contributed by atoms with E-state index < -0.39 is 0 Å². The van der Waals surface area contributed by atoms with Crippen LogP contribution in [0, 0.1) is 0 Å². The predicted octanol–water partition coefficient (Wildman–Crippen LogP) is 0.512. The zero-order valence-corrected chi connectivity index (χ0v) is 9.27. The summed E-state index contributed by atoms with van der Waals surface area (Å²) in [6.07, 6.45) is 3.42. The number of carbonyl (C=O) groups excluding carboxylic acids is 1. The molecule has 2 amide bonds. The van der Waals surface area contributed by atoms with Gasteiger partial charge in [0.25, 0.3) is 0 Å². The van der Waals surface area contributed by atoms with Crippen molar-refractivity contribution in [2.45, 2.75) is 13.0 Å². The summed E-state index contributed by atoms with van der Waals surface area (Å²) in [6.45, 7) is 4.43. The molecule has 1 aliphatic rings. The molecule has 88 valence electrons. The van der Waals surface area contributed by atoms with Crippen molar-refractivity contribution < 1.29 is 9.53 Å². The van der Waals surface area contributed by atoms with Gasteiger partial charge in [-0.15, -0.1) is 0 Å². The molecule has 6 heteroatoms. The van der Waals surface area contributed by atoms with Crippen LogP contribution in [-0.4, -0.2) is 47.2 Å². The van der Waals surface area contributed by atoms with E-state index in [1.54, 1.807) is 17.3 Å². The summed E-state index contributed by atoms with van der Waals surface area (Å²) in [5, 5.41) is 2.89. The molecule has 1 aromatic heterocycles. The van der Waals surface area contributed by atoms with Gasteiger partial charge in [-0.3, -0.25) is 0 Å². The molecule has 0 spiro atoms. The smallest absolute Gasteiger partial charge is 0.318 e. The van der Waals surface area contributed by atoms with Crippen LogP contribution in [0.15, 0.2) is 12.4 Å². The van der Waals surface area contributed by atoms with E-state index in [9.17, 15) is 4.79 Å². The molecule has 1 atom stereocenters. The van der Waals surface area contributed by atoms with Crippen LogP contribution in [0.2, 0.25) is 0 Å². The fourth-order valence-electron chi connectivity index (χ4n) is 1.63. The number of aromatic amines is 1. The van der Waals surface area contributed by atoms with E-state index in [1.807, 2.05) is 6.92 Å². The normalized spacial score (nSPS) is 18.2. The molecule has 2 heterocycles. The molecule has 2 N–H and O–H groups in total. The number of ether oxygens (including phenoxy) is 1. The Morgan fingerprint density at radius 1 is 1.62 bits per heavy atom. The summed E-state index contributed by atoms with van der Waals surface area (Å²) < 4.78 is 5.19. The maximum Gasteiger partial charge on any atom is 0.318 e. The molecule has 0 saturated carbocycles. The predicted molar refractivity (Wildman–Crippen MR) is 57.9 cm³/mol. The van der Waals surface area contributed by atoms with E-state index >= 15 is 0 Å². The van der Waals surface area contributed by atoms with Gasteiger partial charge in [-0.25, -0.2) is 9.78 Å². The number of morpholine rings is 1. The highest BCUT2D eigenvalue weighted by atomic mass is 16.5. The van der Waals surface area contributed by atoms with Gasteiger partial charge in [0.2, 0.25) is 0 Å². The first-order chi connectivity index (χ1) is 7.77. The third-order valence-corrected chi connectivity index (χ3v) is 2.57. The van der Waals surface area contributed by atoms with Gasteiger partial charge in [0.15, 0.2) is 0 Å². The first-order valence-electron chi connectivity index (χ1n) is 5.40. The Balaban J connectivity index is 1.86. The van der Waals surface area contributed by atoms with E-state index in [4.69, 9.17) is 4.74 Å². The number of urea groups is 1. The van der Waals surface area contributed by atoms with E-state index in [1.165, 1.54) is 0 Å². The fourth-order valence-corrected chi connectivity index (χ4v) is 1.63. The van der Waals surface area contributed by atoms with Crippen LogP contribution in [0.1, 0.15) is 18.8 Å². The Morgan fingerprint density at radius 2 is 2.38 bits per heavy atom. The first-order valence-corrected chi connectivity index (χ1v) is 5.40. The summed E-state index contributed by atoms with van der Waals surface area (Å²) >= 11 is 0. The number of imidazole rings is 1. The van der Waals surface area contributed by atoms with Crippen molar-refractivity contribution in [2.75, 3.05) is 26.3 Å². The zero-order chi connectivity index (χ0) is 11.4. The van der Waals surface area contributed by atoms with E-state index in [2.05, 4.69) is 15.3 Å². The van der Waals surface area contributed by atoms with E-state index in [-0.39, 0.29) is 12.1 Å². The molecule has 0 radical (unpaired) electrons. The number of hydrogen-bond donors (Lipinski definition) is 2. The van der Waals surface area contributed by atoms with Crippen molar-refractivity contribution in [2.24, 2.45) is 0 Å². The fraction of sp³-hybridized carbons (Fsp3) is 0.600. The van der Waals surface area contributed by atoms with Crippen molar-refractivity contribution in [3.8, 4) is 0 Å². The summed E-state index contributed by atoms with van der Waals surface area (Å²) in [4.78, 5) is 20.7. The molecule has 6 nitrogen and oxygen atoms in total. The number of aromatic nitrogens is 2. The Morgan fingerprint density at radius 3 is 3.00 bits per heavy atom. The van der Waals surface area contributed by atoms with Crippen molar-refractivity contribution in [3.05, 3.63) is 18.2 Å². The van der Waals surface area contributed by atoms with Crippen molar-refractivity contribution in [1.29, 1.82) is 0 Å². The van der Waals surface area contributed by atoms with Crippen LogP contribution >= 0.6 is 0 Å². The maximum absolute atomic E-state index is 11.8. The standard InChI is InChI=1S/C10H16N4O2/c1-8(9-11-2-3-12-9)13-10(15)14-4-6-16-7-5-14/h2-3,8H,4-7H2,1H3,(H,11,12)(H,13,15). The lowest BCUT2D eigenvalue weighted by atomic mass is 10.3. The lowest BCUT2D eigenvalue weighted by Crippen LogP contribution is -2.46. The Kier molecular flexibility index (Phi) is 3.40. The van der Waals surface area contributed by atoms with Crippen LogP contribution in [0.5, 0.6) is 0 Å². The molecule has 1 fully saturated rings. The number of hydrogen-bond acceptors (Lipinski definition) is 3. The van der Waals surface area contributed by atoms with Crippen LogP contribution in [0.3, 0.4) is 0 Å². The number of carbonyl (C=O) groups is 1. The van der Waals surface area contributed by atoms with E-state index in [0.717, 1.165) is 5.82 Å². The molecule has 0 aromatic carbocycles. The highest BCUT2D eigenvalue weighted by Gasteiger charge is 2.19. The highest BCUT2D eigenvalue weighted by Crippen LogP contribution is 2.06. The molecule has 0 aliphatic carbocycles. The second kappa shape index (κ2) is 4.98. The molecule has 1 unspecified atom stereocenters. The summed E-state index contributed by atoms with van der Waals surface area (Å²) in [5.41, 5.74) is 0. The van der Waals surface area contributed by atoms with Crippen LogP contribution in [0.25, 0.3) is 0 Å². The Hall–Kier alpha value is -1.56. The van der Waals surface area contributed by atoms with E-state index in [0.29, 0.717) is 26.3 Å². The number of rotatable bonds is 2. The second-order valence-corrected chi connectivity index (χ2v) is 3.75. The average Bonchev–Trinajstić information content (AvgIpc) is 2.83.